The Morgan fingerprint density at radius 3 is 2.27 bits per heavy atom. The van der Waals surface area contributed by atoms with Gasteiger partial charge in [-0.3, -0.25) is 0 Å². The standard InChI is InChI=1S/C11H14O3.Cr/c1-11(2,3)14-10(13)8-6-4-5-7-9(8)12;/h4-7,12H,1-3H3;. The number of hydrogen-bond donors (Lipinski definition) is 1. The molecule has 15 heavy (non-hydrogen) atoms. The summed E-state index contributed by atoms with van der Waals surface area (Å²) in [5.74, 6) is -0.558. The molecule has 0 fully saturated rings. The van der Waals surface area contributed by atoms with E-state index in [4.69, 9.17) is 4.74 Å². The number of hydrogen-bond acceptors (Lipinski definition) is 3. The van der Waals surface area contributed by atoms with Crippen LogP contribution >= 0.6 is 0 Å². The van der Waals surface area contributed by atoms with E-state index in [1.807, 2.05) is 0 Å². The molecule has 0 aromatic heterocycles. The number of rotatable bonds is 1. The number of benzene rings is 1. The number of phenolic OH excluding ortho intramolecular Hbond substituents is 1. The number of para-hydroxylation sites is 1. The van der Waals surface area contributed by atoms with Crippen molar-refractivity contribution in [1.29, 1.82) is 0 Å². The van der Waals surface area contributed by atoms with Gasteiger partial charge in [0.05, 0.1) is 0 Å². The van der Waals surface area contributed by atoms with Gasteiger partial charge in [-0.05, 0) is 32.9 Å². The minimum atomic E-state index is -0.542. The van der Waals surface area contributed by atoms with Crippen LogP contribution in [-0.4, -0.2) is 16.7 Å². The number of aromatic hydroxyl groups is 1. The van der Waals surface area contributed by atoms with E-state index >= 15 is 0 Å². The van der Waals surface area contributed by atoms with Crippen LogP contribution in [0.2, 0.25) is 0 Å². The van der Waals surface area contributed by atoms with Crippen molar-refractivity contribution in [1.82, 2.24) is 0 Å². The average Bonchev–Trinajstić information content (AvgIpc) is 2.01. The van der Waals surface area contributed by atoms with Crippen LogP contribution in [0.25, 0.3) is 0 Å². The van der Waals surface area contributed by atoms with Crippen molar-refractivity contribution >= 4 is 5.97 Å². The summed E-state index contributed by atoms with van der Waals surface area (Å²) in [4.78, 5) is 11.5. The molecule has 82 valence electrons. The molecule has 0 saturated carbocycles. The van der Waals surface area contributed by atoms with Crippen molar-refractivity contribution in [2.24, 2.45) is 0 Å². The fourth-order valence-electron chi connectivity index (χ4n) is 0.979. The molecule has 3 nitrogen and oxygen atoms in total. The smallest absolute Gasteiger partial charge is 0.342 e. The zero-order chi connectivity index (χ0) is 10.8. The van der Waals surface area contributed by atoms with Gasteiger partial charge in [0.15, 0.2) is 0 Å². The van der Waals surface area contributed by atoms with Crippen LogP contribution in [0, 0.1) is 0 Å². The van der Waals surface area contributed by atoms with E-state index in [9.17, 15) is 9.90 Å². The van der Waals surface area contributed by atoms with Crippen molar-refractivity contribution in [2.45, 2.75) is 26.4 Å². The summed E-state index contributed by atoms with van der Waals surface area (Å²) >= 11 is 0. The Balaban J connectivity index is 0.00000196. The number of phenols is 1. The van der Waals surface area contributed by atoms with Gasteiger partial charge in [0.25, 0.3) is 0 Å². The molecule has 0 aliphatic rings. The van der Waals surface area contributed by atoms with E-state index in [-0.39, 0.29) is 28.7 Å². The summed E-state index contributed by atoms with van der Waals surface area (Å²) < 4.78 is 5.11. The van der Waals surface area contributed by atoms with E-state index in [0.29, 0.717) is 0 Å². The van der Waals surface area contributed by atoms with Crippen LogP contribution in [0.1, 0.15) is 31.1 Å². The molecule has 1 aromatic rings. The summed E-state index contributed by atoms with van der Waals surface area (Å²) in [7, 11) is 0. The van der Waals surface area contributed by atoms with Crippen molar-refractivity contribution in [2.75, 3.05) is 0 Å². The zero-order valence-corrected chi connectivity index (χ0v) is 10.3. The third-order valence-electron chi connectivity index (χ3n) is 1.52. The number of carbonyl (C=O) groups is 1. The van der Waals surface area contributed by atoms with E-state index in [2.05, 4.69) is 0 Å². The van der Waals surface area contributed by atoms with Gasteiger partial charge in [0.1, 0.15) is 16.9 Å². The molecule has 1 rings (SSSR count). The van der Waals surface area contributed by atoms with Crippen LogP contribution in [0.5, 0.6) is 5.75 Å². The first-order valence-electron chi connectivity index (χ1n) is 4.41. The summed E-state index contributed by atoms with van der Waals surface area (Å²) in [6.45, 7) is 5.35. The second kappa shape index (κ2) is 5.20. The van der Waals surface area contributed by atoms with Gasteiger partial charge in [-0.1, -0.05) is 12.1 Å². The first-order chi connectivity index (χ1) is 6.40. The molecular formula is C11H14CrO3. The normalized spacial score (nSPS) is 10.3. The van der Waals surface area contributed by atoms with Crippen LogP contribution in [0.15, 0.2) is 24.3 Å². The zero-order valence-electron chi connectivity index (χ0n) is 8.98. The number of carbonyl (C=O) groups excluding carboxylic acids is 1. The van der Waals surface area contributed by atoms with Gasteiger partial charge in [-0.25, -0.2) is 4.79 Å². The molecule has 0 atom stereocenters. The Hall–Kier alpha value is -0.978. The molecule has 0 unspecified atom stereocenters. The predicted octanol–water partition coefficient (Wildman–Crippen LogP) is 2.35. The molecule has 1 N–H and O–H groups in total. The van der Waals surface area contributed by atoms with Crippen molar-refractivity contribution in [3.8, 4) is 5.75 Å². The van der Waals surface area contributed by atoms with Gasteiger partial charge < -0.3 is 9.84 Å². The molecule has 0 spiro atoms. The van der Waals surface area contributed by atoms with E-state index in [1.54, 1.807) is 32.9 Å². The summed E-state index contributed by atoms with van der Waals surface area (Å²) in [6, 6.07) is 6.32. The third-order valence-corrected chi connectivity index (χ3v) is 1.52. The Morgan fingerprint density at radius 1 is 1.27 bits per heavy atom. The van der Waals surface area contributed by atoms with E-state index in [0.717, 1.165) is 0 Å². The molecular weight excluding hydrogens is 232 g/mol. The topological polar surface area (TPSA) is 46.5 Å². The van der Waals surface area contributed by atoms with Crippen LogP contribution in [-0.2, 0) is 22.1 Å². The van der Waals surface area contributed by atoms with E-state index in [1.165, 1.54) is 12.1 Å². The van der Waals surface area contributed by atoms with Gasteiger partial charge in [0.2, 0.25) is 0 Å². The molecule has 0 amide bonds. The van der Waals surface area contributed by atoms with Crippen LogP contribution < -0.4 is 0 Å². The first kappa shape index (κ1) is 14.0. The average molecular weight is 246 g/mol. The number of esters is 1. The van der Waals surface area contributed by atoms with Gasteiger partial charge in [-0.2, -0.15) is 0 Å². The maximum absolute atomic E-state index is 11.5. The first-order valence-corrected chi connectivity index (χ1v) is 4.41. The molecule has 0 bridgehead atoms. The molecule has 0 aliphatic heterocycles. The van der Waals surface area contributed by atoms with Gasteiger partial charge in [0, 0.05) is 17.4 Å². The second-order valence-electron chi connectivity index (χ2n) is 4.02. The van der Waals surface area contributed by atoms with Gasteiger partial charge in [-0.15, -0.1) is 0 Å². The fourth-order valence-corrected chi connectivity index (χ4v) is 0.979. The molecule has 0 radical (unpaired) electrons. The van der Waals surface area contributed by atoms with Crippen molar-refractivity contribution < 1.29 is 32.0 Å². The minimum absolute atomic E-state index is 0. The Morgan fingerprint density at radius 2 is 1.80 bits per heavy atom. The molecule has 4 heteroatoms. The molecule has 0 saturated heterocycles. The minimum Gasteiger partial charge on any atom is -0.507 e. The monoisotopic (exact) mass is 246 g/mol. The summed E-state index contributed by atoms with van der Waals surface area (Å²) in [6.07, 6.45) is 0. The third kappa shape index (κ3) is 4.37. The largest absolute Gasteiger partial charge is 0.507 e. The Labute approximate surface area is 100 Å². The Bertz CT molecular complexity index is 342. The van der Waals surface area contributed by atoms with Crippen molar-refractivity contribution in [3.05, 3.63) is 29.8 Å². The van der Waals surface area contributed by atoms with Crippen molar-refractivity contribution in [3.63, 3.8) is 0 Å². The molecule has 0 aliphatic carbocycles. The fraction of sp³-hybridized carbons (Fsp3) is 0.364. The molecule has 1 aromatic carbocycles. The summed E-state index contributed by atoms with van der Waals surface area (Å²) in [5.41, 5.74) is -0.346. The SMILES string of the molecule is CC(C)(C)OC(=O)c1ccccc1O.[Cr]. The quantitative estimate of drug-likeness (QED) is 0.774. The van der Waals surface area contributed by atoms with Crippen LogP contribution in [0.4, 0.5) is 0 Å². The maximum Gasteiger partial charge on any atom is 0.342 e. The maximum atomic E-state index is 11.5. The van der Waals surface area contributed by atoms with Crippen LogP contribution in [0.3, 0.4) is 0 Å². The van der Waals surface area contributed by atoms with E-state index < -0.39 is 11.6 Å². The summed E-state index contributed by atoms with van der Waals surface area (Å²) in [5, 5.41) is 9.38. The molecule has 0 heterocycles. The Kier molecular flexibility index (Phi) is 4.86. The predicted molar refractivity (Wildman–Crippen MR) is 53.3 cm³/mol. The number of ether oxygens (including phenoxy) is 1. The second-order valence-corrected chi connectivity index (χ2v) is 4.02. The van der Waals surface area contributed by atoms with Gasteiger partial charge >= 0.3 is 5.97 Å².